The summed E-state index contributed by atoms with van der Waals surface area (Å²) in [5, 5.41) is 20.9. The maximum absolute atomic E-state index is 12.2. The fraction of sp³-hybridized carbons (Fsp3) is 0.636. The van der Waals surface area contributed by atoms with E-state index >= 15 is 0 Å². The molecule has 2 aliphatic rings. The predicted molar refractivity (Wildman–Crippen MR) is 173 cm³/mol. The van der Waals surface area contributed by atoms with Crippen LogP contribution in [-0.2, 0) is 19.0 Å². The molecule has 240 valence electrons. The Hall–Kier alpha value is -2.97. The van der Waals surface area contributed by atoms with Gasteiger partial charge in [0.2, 0.25) is 0 Å². The first-order valence-electron chi connectivity index (χ1n) is 15.7. The zero-order chi connectivity index (χ0) is 31.7. The van der Waals surface area contributed by atoms with Gasteiger partial charge >= 0.3 is 5.97 Å². The van der Waals surface area contributed by atoms with E-state index < -0.39 is 17.1 Å². The predicted octanol–water partition coefficient (Wildman–Crippen LogP) is 5.98. The van der Waals surface area contributed by atoms with Crippen LogP contribution >= 0.6 is 11.6 Å². The monoisotopic (exact) mass is 626 g/mol. The molecule has 1 saturated heterocycles. The van der Waals surface area contributed by atoms with E-state index in [1.807, 2.05) is 45.0 Å². The molecule has 2 aromatic rings. The number of rotatable bonds is 12. The maximum atomic E-state index is 12.2. The van der Waals surface area contributed by atoms with Crippen molar-refractivity contribution in [3.63, 3.8) is 0 Å². The van der Waals surface area contributed by atoms with Gasteiger partial charge in [-0.25, -0.2) is 14.8 Å². The van der Waals surface area contributed by atoms with Gasteiger partial charge in [0, 0.05) is 49.6 Å². The lowest BCUT2D eigenvalue weighted by atomic mass is 9.82. The molecular weight excluding hydrogens is 580 g/mol. The molecule has 2 aromatic heterocycles. The Kier molecular flexibility index (Phi) is 11.8. The van der Waals surface area contributed by atoms with Gasteiger partial charge in [-0.3, -0.25) is 0 Å². The summed E-state index contributed by atoms with van der Waals surface area (Å²) >= 11 is 6.58. The van der Waals surface area contributed by atoms with E-state index in [1.54, 1.807) is 13.1 Å². The molecule has 0 spiro atoms. The number of nitriles is 1. The number of nitrogens with zero attached hydrogens (tertiary/aromatic N) is 3. The van der Waals surface area contributed by atoms with Crippen LogP contribution in [-0.4, -0.2) is 72.1 Å². The van der Waals surface area contributed by atoms with Crippen molar-refractivity contribution in [1.29, 1.82) is 5.26 Å². The zero-order valence-corrected chi connectivity index (χ0v) is 27.4. The van der Waals surface area contributed by atoms with Gasteiger partial charge in [-0.05, 0) is 91.3 Å². The highest BCUT2D eigenvalue weighted by Gasteiger charge is 2.32. The number of ether oxygens (including phenoxy) is 3. The quantitative estimate of drug-likeness (QED) is 0.242. The molecule has 0 amide bonds. The van der Waals surface area contributed by atoms with Gasteiger partial charge < -0.3 is 30.2 Å². The van der Waals surface area contributed by atoms with Gasteiger partial charge in [0.15, 0.2) is 6.10 Å². The number of hydrogen-bond donors (Lipinski definition) is 3. The minimum atomic E-state index is -0.600. The Bertz CT molecular complexity index is 1280. The van der Waals surface area contributed by atoms with Crippen molar-refractivity contribution in [2.75, 3.05) is 37.0 Å². The minimum Gasteiger partial charge on any atom is -0.458 e. The van der Waals surface area contributed by atoms with Gasteiger partial charge in [-0.2, -0.15) is 5.26 Å². The molecule has 0 aromatic carbocycles. The number of carbonyl (C=O) groups excluding carboxylic acids is 1. The fourth-order valence-corrected chi connectivity index (χ4v) is 5.75. The second-order valence-electron chi connectivity index (χ2n) is 13.1. The van der Waals surface area contributed by atoms with Crippen LogP contribution in [0.25, 0.3) is 11.3 Å². The van der Waals surface area contributed by atoms with E-state index in [-0.39, 0.29) is 12.0 Å². The van der Waals surface area contributed by atoms with E-state index in [0.29, 0.717) is 62.1 Å². The summed E-state index contributed by atoms with van der Waals surface area (Å²) in [6.45, 7) is 11.5. The molecule has 10 nitrogen and oxygen atoms in total. The third kappa shape index (κ3) is 10.0. The minimum absolute atomic E-state index is 0.120. The van der Waals surface area contributed by atoms with Crippen molar-refractivity contribution in [2.45, 2.75) is 103 Å². The van der Waals surface area contributed by atoms with Crippen molar-refractivity contribution < 1.29 is 19.0 Å². The molecule has 0 radical (unpaired) electrons. The summed E-state index contributed by atoms with van der Waals surface area (Å²) in [6, 6.07) is 11.0. The molecule has 3 heterocycles. The molecule has 3 N–H and O–H groups in total. The number of pyridine rings is 2. The van der Waals surface area contributed by atoms with Crippen molar-refractivity contribution in [3.05, 3.63) is 35.5 Å². The SMILES string of the molecule is C[C@H](CO[C@@H](C)C(=O)OC(C)(C)C)N[C@H]1CC[C@H](Nc2cc(-c3cccc(NCC4(C#N)CCOCC4)n3)c(Cl)cn2)CC1. The van der Waals surface area contributed by atoms with Crippen molar-refractivity contribution >= 4 is 29.2 Å². The van der Waals surface area contributed by atoms with Crippen LogP contribution in [0.3, 0.4) is 0 Å². The summed E-state index contributed by atoms with van der Waals surface area (Å²) < 4.78 is 16.6. The lowest BCUT2D eigenvalue weighted by molar-refractivity contribution is -0.167. The number of aromatic nitrogens is 2. The maximum Gasteiger partial charge on any atom is 0.335 e. The summed E-state index contributed by atoms with van der Waals surface area (Å²) in [6.07, 6.45) is 6.54. The van der Waals surface area contributed by atoms with E-state index in [4.69, 9.17) is 30.8 Å². The molecule has 1 aliphatic carbocycles. The normalized spacial score (nSPS) is 21.5. The highest BCUT2D eigenvalue weighted by Crippen LogP contribution is 2.32. The highest BCUT2D eigenvalue weighted by atomic mass is 35.5. The van der Waals surface area contributed by atoms with Gasteiger partial charge in [-0.1, -0.05) is 17.7 Å². The number of anilines is 2. The third-order valence-electron chi connectivity index (χ3n) is 8.11. The van der Waals surface area contributed by atoms with Crippen molar-refractivity contribution in [3.8, 4) is 17.3 Å². The first-order chi connectivity index (χ1) is 20.9. The van der Waals surface area contributed by atoms with Crippen molar-refractivity contribution in [2.24, 2.45) is 5.41 Å². The van der Waals surface area contributed by atoms with Crippen LogP contribution in [0.2, 0.25) is 5.02 Å². The smallest absolute Gasteiger partial charge is 0.335 e. The van der Waals surface area contributed by atoms with Gasteiger partial charge in [0.05, 0.1) is 28.8 Å². The molecule has 1 saturated carbocycles. The summed E-state index contributed by atoms with van der Waals surface area (Å²) in [5.41, 5.74) is 0.580. The number of hydrogen-bond acceptors (Lipinski definition) is 10. The topological polar surface area (TPSA) is 130 Å². The van der Waals surface area contributed by atoms with Gasteiger partial charge in [-0.15, -0.1) is 0 Å². The van der Waals surface area contributed by atoms with E-state index in [9.17, 15) is 10.1 Å². The molecule has 0 unspecified atom stereocenters. The summed E-state index contributed by atoms with van der Waals surface area (Å²) in [4.78, 5) is 21.5. The number of carbonyl (C=O) groups is 1. The van der Waals surface area contributed by atoms with E-state index in [1.165, 1.54) is 0 Å². The largest absolute Gasteiger partial charge is 0.458 e. The first-order valence-corrected chi connectivity index (χ1v) is 16.1. The molecule has 0 bridgehead atoms. The van der Waals surface area contributed by atoms with Crippen LogP contribution in [0.4, 0.5) is 11.6 Å². The van der Waals surface area contributed by atoms with Crippen LogP contribution in [0, 0.1) is 16.7 Å². The molecule has 44 heavy (non-hydrogen) atoms. The molecule has 2 fully saturated rings. The summed E-state index contributed by atoms with van der Waals surface area (Å²) in [5.74, 6) is 1.13. The lowest BCUT2D eigenvalue weighted by Crippen LogP contribution is -2.44. The standard InChI is InChI=1S/C33H47ClN6O4/c1-22(19-43-23(2)31(41)44-32(3,4)5)38-24-9-11-25(12-10-24)39-30-17-26(27(34)18-36-30)28-7-6-8-29(40-28)37-21-33(20-35)13-15-42-16-14-33/h6-8,17-18,22-25,38H,9-16,19,21H2,1-5H3,(H,36,39)(H,37,40)/t22-,23+,24-,25-/m1/s1. The third-order valence-corrected chi connectivity index (χ3v) is 8.41. The molecular formula is C33H47ClN6O4. The Morgan fingerprint density at radius 1 is 1.16 bits per heavy atom. The Morgan fingerprint density at radius 2 is 1.86 bits per heavy atom. The van der Waals surface area contributed by atoms with Crippen LogP contribution in [0.15, 0.2) is 30.5 Å². The average molecular weight is 627 g/mol. The second kappa shape index (κ2) is 15.3. The second-order valence-corrected chi connectivity index (χ2v) is 13.5. The lowest BCUT2D eigenvalue weighted by Gasteiger charge is -2.32. The number of nitrogens with one attached hydrogen (secondary N) is 3. The highest BCUT2D eigenvalue weighted by molar-refractivity contribution is 6.33. The number of esters is 1. The van der Waals surface area contributed by atoms with Crippen molar-refractivity contribution in [1.82, 2.24) is 15.3 Å². The van der Waals surface area contributed by atoms with E-state index in [0.717, 1.165) is 42.8 Å². The van der Waals surface area contributed by atoms with Gasteiger partial charge in [0.1, 0.15) is 17.2 Å². The Labute approximate surface area is 266 Å². The summed E-state index contributed by atoms with van der Waals surface area (Å²) in [7, 11) is 0. The Balaban J connectivity index is 1.26. The van der Waals surface area contributed by atoms with Crippen LogP contribution in [0.1, 0.15) is 73.1 Å². The molecule has 1 aliphatic heterocycles. The zero-order valence-electron chi connectivity index (χ0n) is 26.6. The van der Waals surface area contributed by atoms with Crippen LogP contribution < -0.4 is 16.0 Å². The van der Waals surface area contributed by atoms with E-state index in [2.05, 4.69) is 33.9 Å². The molecule has 2 atom stereocenters. The van der Waals surface area contributed by atoms with Gasteiger partial charge in [0.25, 0.3) is 0 Å². The average Bonchev–Trinajstić information content (AvgIpc) is 3.00. The Morgan fingerprint density at radius 3 is 2.55 bits per heavy atom. The first kappa shape index (κ1) is 33.9. The fourth-order valence-electron chi connectivity index (χ4n) is 5.55. The molecule has 4 rings (SSSR count). The molecule has 11 heteroatoms. The number of halogens is 1. The van der Waals surface area contributed by atoms with Crippen LogP contribution in [0.5, 0.6) is 0 Å².